The first-order valence-corrected chi connectivity index (χ1v) is 6.51. The molecule has 0 radical (unpaired) electrons. The highest BCUT2D eigenvalue weighted by Crippen LogP contribution is 2.31. The lowest BCUT2D eigenvalue weighted by atomic mass is 9.99. The van der Waals surface area contributed by atoms with E-state index in [-0.39, 0.29) is 6.42 Å². The molecule has 2 aromatic rings. The molecule has 0 aliphatic heterocycles. The third-order valence-corrected chi connectivity index (χ3v) is 3.39. The van der Waals surface area contributed by atoms with Crippen molar-refractivity contribution in [2.24, 2.45) is 5.84 Å². The molecule has 112 valence electrons. The Bertz CT molecular complexity index is 616. The quantitative estimate of drug-likeness (QED) is 0.670. The van der Waals surface area contributed by atoms with Crippen molar-refractivity contribution in [3.05, 3.63) is 64.4 Å². The lowest BCUT2D eigenvalue weighted by molar-refractivity contribution is -0.137. The fourth-order valence-electron chi connectivity index (χ4n) is 2.04. The highest BCUT2D eigenvalue weighted by atomic mass is 35.5. The molecule has 7 heteroatoms. The Labute approximate surface area is 124 Å². The fraction of sp³-hybridized carbons (Fsp3) is 0.214. The van der Waals surface area contributed by atoms with Gasteiger partial charge in [-0.15, -0.1) is 0 Å². The number of halogens is 4. The Morgan fingerprint density at radius 1 is 1.29 bits per heavy atom. The van der Waals surface area contributed by atoms with Crippen molar-refractivity contribution in [2.45, 2.75) is 18.6 Å². The standard InChI is InChI=1S/C14H13ClF3N3/c15-12-8-20-5-4-11(12)13(21-19)7-9-2-1-3-10(6-9)14(16,17)18/h1-6,8,13,21H,7,19H2. The summed E-state index contributed by atoms with van der Waals surface area (Å²) in [4.78, 5) is 3.87. The summed E-state index contributed by atoms with van der Waals surface area (Å²) < 4.78 is 38.1. The number of alkyl halides is 3. The number of nitrogens with two attached hydrogens (primary N) is 1. The first-order valence-electron chi connectivity index (χ1n) is 6.13. The van der Waals surface area contributed by atoms with E-state index >= 15 is 0 Å². The maximum absolute atomic E-state index is 12.7. The topological polar surface area (TPSA) is 50.9 Å². The molecule has 0 saturated carbocycles. The van der Waals surface area contributed by atoms with Gasteiger partial charge in [-0.3, -0.25) is 16.3 Å². The number of nitrogens with zero attached hydrogens (tertiary/aromatic N) is 1. The van der Waals surface area contributed by atoms with Crippen LogP contribution in [-0.2, 0) is 12.6 Å². The van der Waals surface area contributed by atoms with E-state index in [9.17, 15) is 13.2 Å². The Balaban J connectivity index is 2.26. The zero-order valence-electron chi connectivity index (χ0n) is 10.9. The molecule has 1 aromatic carbocycles. The van der Waals surface area contributed by atoms with Gasteiger partial charge in [0, 0.05) is 12.4 Å². The van der Waals surface area contributed by atoms with Crippen LogP contribution in [0.15, 0.2) is 42.7 Å². The second-order valence-corrected chi connectivity index (χ2v) is 4.93. The Kier molecular flexibility index (Phi) is 4.82. The zero-order valence-corrected chi connectivity index (χ0v) is 11.6. The monoisotopic (exact) mass is 315 g/mol. The van der Waals surface area contributed by atoms with E-state index in [1.54, 1.807) is 18.3 Å². The minimum Gasteiger partial charge on any atom is -0.271 e. The number of hydrazine groups is 1. The summed E-state index contributed by atoms with van der Waals surface area (Å²) in [6, 6.07) is 6.42. The predicted octanol–water partition coefficient (Wildman–Crippen LogP) is 3.50. The van der Waals surface area contributed by atoms with Crippen LogP contribution in [0.5, 0.6) is 0 Å². The summed E-state index contributed by atoms with van der Waals surface area (Å²) in [6.07, 6.45) is -1.06. The number of hydrogen-bond acceptors (Lipinski definition) is 3. The lowest BCUT2D eigenvalue weighted by Gasteiger charge is -2.18. The summed E-state index contributed by atoms with van der Waals surface area (Å²) in [7, 11) is 0. The molecule has 0 fully saturated rings. The highest BCUT2D eigenvalue weighted by molar-refractivity contribution is 6.31. The van der Waals surface area contributed by atoms with Gasteiger partial charge in [0.1, 0.15) is 0 Å². The second-order valence-electron chi connectivity index (χ2n) is 4.52. The van der Waals surface area contributed by atoms with Gasteiger partial charge in [0.25, 0.3) is 0 Å². The number of benzene rings is 1. The molecule has 1 heterocycles. The van der Waals surface area contributed by atoms with Crippen molar-refractivity contribution >= 4 is 11.6 Å². The minimum atomic E-state index is -4.37. The first kappa shape index (κ1) is 15.8. The molecule has 1 unspecified atom stereocenters. The largest absolute Gasteiger partial charge is 0.416 e. The summed E-state index contributed by atoms with van der Waals surface area (Å²) in [6.45, 7) is 0. The van der Waals surface area contributed by atoms with Crippen molar-refractivity contribution in [1.29, 1.82) is 0 Å². The van der Waals surface area contributed by atoms with Gasteiger partial charge in [-0.25, -0.2) is 0 Å². The average Bonchev–Trinajstić information content (AvgIpc) is 2.45. The molecule has 0 aliphatic rings. The number of hydrogen-bond donors (Lipinski definition) is 2. The third kappa shape index (κ3) is 3.93. The van der Waals surface area contributed by atoms with Crippen LogP contribution in [0.3, 0.4) is 0 Å². The smallest absolute Gasteiger partial charge is 0.271 e. The van der Waals surface area contributed by atoms with Crippen LogP contribution in [0.25, 0.3) is 0 Å². The number of nitrogens with one attached hydrogen (secondary N) is 1. The second kappa shape index (κ2) is 6.43. The van der Waals surface area contributed by atoms with Crippen LogP contribution >= 0.6 is 11.6 Å². The van der Waals surface area contributed by atoms with Crippen LogP contribution in [-0.4, -0.2) is 4.98 Å². The molecule has 0 spiro atoms. The molecule has 1 atom stereocenters. The molecule has 0 amide bonds. The van der Waals surface area contributed by atoms with Gasteiger partial charge >= 0.3 is 6.18 Å². The van der Waals surface area contributed by atoms with Gasteiger partial charge in [-0.2, -0.15) is 13.2 Å². The van der Waals surface area contributed by atoms with Crippen LogP contribution in [0.2, 0.25) is 5.02 Å². The summed E-state index contributed by atoms with van der Waals surface area (Å²) in [5, 5.41) is 0.410. The van der Waals surface area contributed by atoms with E-state index in [0.717, 1.165) is 12.1 Å². The normalized spacial score (nSPS) is 13.2. The summed E-state index contributed by atoms with van der Waals surface area (Å²) >= 11 is 6.03. The van der Waals surface area contributed by atoms with Crippen molar-refractivity contribution in [1.82, 2.24) is 10.4 Å². The van der Waals surface area contributed by atoms with Gasteiger partial charge in [-0.05, 0) is 29.7 Å². The SMILES string of the molecule is NNC(Cc1cccc(C(F)(F)F)c1)c1ccncc1Cl. The summed E-state index contributed by atoms with van der Waals surface area (Å²) in [5.74, 6) is 5.49. The van der Waals surface area contributed by atoms with Crippen LogP contribution in [0.4, 0.5) is 13.2 Å². The first-order chi connectivity index (χ1) is 9.91. The molecule has 0 aliphatic carbocycles. The molecule has 3 N–H and O–H groups in total. The van der Waals surface area contributed by atoms with Gasteiger partial charge in [0.2, 0.25) is 0 Å². The maximum Gasteiger partial charge on any atom is 0.416 e. The van der Waals surface area contributed by atoms with Gasteiger partial charge < -0.3 is 0 Å². The number of aromatic nitrogens is 1. The van der Waals surface area contributed by atoms with E-state index < -0.39 is 17.8 Å². The molecule has 2 rings (SSSR count). The Morgan fingerprint density at radius 2 is 2.05 bits per heavy atom. The molecule has 0 bridgehead atoms. The van der Waals surface area contributed by atoms with Crippen molar-refractivity contribution < 1.29 is 13.2 Å². The van der Waals surface area contributed by atoms with Gasteiger partial charge in [0.15, 0.2) is 0 Å². The maximum atomic E-state index is 12.7. The van der Waals surface area contributed by atoms with E-state index in [4.69, 9.17) is 17.4 Å². The van der Waals surface area contributed by atoms with E-state index in [1.165, 1.54) is 12.3 Å². The molecular formula is C14H13ClF3N3. The fourth-order valence-corrected chi connectivity index (χ4v) is 2.29. The predicted molar refractivity (Wildman–Crippen MR) is 74.5 cm³/mol. The van der Waals surface area contributed by atoms with E-state index in [2.05, 4.69) is 10.4 Å². The third-order valence-electron chi connectivity index (χ3n) is 3.07. The molecule has 21 heavy (non-hydrogen) atoms. The lowest BCUT2D eigenvalue weighted by Crippen LogP contribution is -2.30. The highest BCUT2D eigenvalue weighted by Gasteiger charge is 2.30. The van der Waals surface area contributed by atoms with Crippen LogP contribution in [0.1, 0.15) is 22.7 Å². The Hall–Kier alpha value is -1.63. The molecular weight excluding hydrogens is 303 g/mol. The molecule has 3 nitrogen and oxygen atoms in total. The van der Waals surface area contributed by atoms with E-state index in [1.807, 2.05) is 0 Å². The Morgan fingerprint density at radius 3 is 2.67 bits per heavy atom. The summed E-state index contributed by atoms with van der Waals surface area (Å²) in [5.41, 5.74) is 3.09. The van der Waals surface area contributed by atoms with Crippen LogP contribution < -0.4 is 11.3 Å². The van der Waals surface area contributed by atoms with Crippen molar-refractivity contribution in [2.75, 3.05) is 0 Å². The van der Waals surface area contributed by atoms with Gasteiger partial charge in [-0.1, -0.05) is 29.8 Å². The van der Waals surface area contributed by atoms with Crippen molar-refractivity contribution in [3.63, 3.8) is 0 Å². The zero-order chi connectivity index (χ0) is 15.5. The number of rotatable bonds is 4. The molecule has 0 saturated heterocycles. The van der Waals surface area contributed by atoms with Crippen LogP contribution in [0, 0.1) is 0 Å². The molecule has 1 aromatic heterocycles. The van der Waals surface area contributed by atoms with E-state index in [0.29, 0.717) is 16.1 Å². The number of pyridine rings is 1. The minimum absolute atomic E-state index is 0.282. The van der Waals surface area contributed by atoms with Gasteiger partial charge in [0.05, 0.1) is 16.6 Å². The van der Waals surface area contributed by atoms with Crippen molar-refractivity contribution in [3.8, 4) is 0 Å². The average molecular weight is 316 g/mol.